The van der Waals surface area contributed by atoms with Gasteiger partial charge in [-0.2, -0.15) is 0 Å². The van der Waals surface area contributed by atoms with Crippen molar-refractivity contribution in [3.63, 3.8) is 0 Å². The summed E-state index contributed by atoms with van der Waals surface area (Å²) in [5, 5.41) is 0. The van der Waals surface area contributed by atoms with Crippen LogP contribution in [0.5, 0.6) is 0 Å². The molecule has 8 heteroatoms. The maximum atomic E-state index is 13.9. The number of hydrogen-bond donors (Lipinski definition) is 0. The second kappa shape index (κ2) is 11.1. The molecule has 0 spiro atoms. The summed E-state index contributed by atoms with van der Waals surface area (Å²) in [5.74, 6) is -0.717. The van der Waals surface area contributed by atoms with E-state index in [1.807, 2.05) is 53.4 Å². The minimum absolute atomic E-state index is 0.0639. The Morgan fingerprint density at radius 1 is 0.763 bits per heavy atom. The number of para-hydroxylation sites is 1. The molecule has 6 nitrogen and oxygen atoms in total. The summed E-state index contributed by atoms with van der Waals surface area (Å²) in [6.45, 7) is 2.75. The Morgan fingerprint density at radius 2 is 1.39 bits per heavy atom. The molecule has 0 saturated carbocycles. The fraction of sp³-hybridized carbons (Fsp3) is 0.167. The highest BCUT2D eigenvalue weighted by Gasteiger charge is 2.27. The monoisotopic (exact) mass is 529 g/mol. The third-order valence-electron chi connectivity index (χ3n) is 6.64. The molecule has 0 aliphatic carbocycles. The molecule has 4 aromatic carbocycles. The number of hydrogen-bond acceptors (Lipinski definition) is 4. The van der Waals surface area contributed by atoms with Crippen LogP contribution < -0.4 is 9.21 Å². The molecular weight excluding hydrogens is 501 g/mol. The Kier molecular flexibility index (Phi) is 7.42. The molecule has 1 amide bonds. The van der Waals surface area contributed by atoms with Gasteiger partial charge in [-0.15, -0.1) is 0 Å². The third kappa shape index (κ3) is 5.55. The van der Waals surface area contributed by atoms with Crippen molar-refractivity contribution >= 4 is 27.3 Å². The lowest BCUT2D eigenvalue weighted by atomic mass is 10.1. The first-order chi connectivity index (χ1) is 18.4. The van der Waals surface area contributed by atoms with Crippen LogP contribution in [0.15, 0.2) is 114 Å². The van der Waals surface area contributed by atoms with Gasteiger partial charge in [0.25, 0.3) is 15.9 Å². The van der Waals surface area contributed by atoms with Crippen LogP contribution in [0.25, 0.3) is 0 Å². The number of halogens is 1. The second-order valence-electron chi connectivity index (χ2n) is 9.12. The van der Waals surface area contributed by atoms with E-state index in [0.29, 0.717) is 24.3 Å². The fourth-order valence-electron chi connectivity index (χ4n) is 4.58. The predicted molar refractivity (Wildman–Crippen MR) is 147 cm³/mol. The average molecular weight is 530 g/mol. The smallest absolute Gasteiger partial charge is 0.264 e. The van der Waals surface area contributed by atoms with E-state index in [1.54, 1.807) is 24.3 Å². The van der Waals surface area contributed by atoms with Gasteiger partial charge < -0.3 is 9.80 Å². The minimum atomic E-state index is -4.07. The first-order valence-corrected chi connectivity index (χ1v) is 13.9. The average Bonchev–Trinajstić information content (AvgIpc) is 2.97. The van der Waals surface area contributed by atoms with Crippen molar-refractivity contribution in [1.82, 2.24) is 4.90 Å². The molecule has 1 aliphatic rings. The minimum Gasteiger partial charge on any atom is -0.368 e. The van der Waals surface area contributed by atoms with E-state index in [4.69, 9.17) is 0 Å². The standard InChI is InChI=1S/C30H28FN3O3S/c31-26-10-7-13-29(22-26)38(36,37)34(23-24-8-3-1-4-9-24)28-16-14-25(15-17-28)30(35)33-20-18-32(19-21-33)27-11-5-2-6-12-27/h1-17,22H,18-21,23H2. The van der Waals surface area contributed by atoms with Gasteiger partial charge in [-0.05, 0) is 60.2 Å². The van der Waals surface area contributed by atoms with Gasteiger partial charge in [-0.1, -0.05) is 54.6 Å². The summed E-state index contributed by atoms with van der Waals surface area (Å²) in [4.78, 5) is 17.1. The number of carbonyl (C=O) groups excluding carboxylic acids is 1. The summed E-state index contributed by atoms with van der Waals surface area (Å²) in [6, 6.07) is 30.9. The number of piperazine rings is 1. The molecule has 0 bridgehead atoms. The first kappa shape index (κ1) is 25.5. The maximum absolute atomic E-state index is 13.9. The highest BCUT2D eigenvalue weighted by Crippen LogP contribution is 2.27. The molecule has 0 aromatic heterocycles. The Hall–Kier alpha value is -4.17. The van der Waals surface area contributed by atoms with Crippen LogP contribution in [0.3, 0.4) is 0 Å². The topological polar surface area (TPSA) is 60.9 Å². The molecule has 38 heavy (non-hydrogen) atoms. The summed E-state index contributed by atoms with van der Waals surface area (Å²) in [7, 11) is -4.07. The Bertz CT molecular complexity index is 1490. The van der Waals surface area contributed by atoms with Crippen LogP contribution in [0.4, 0.5) is 15.8 Å². The molecular formula is C30H28FN3O3S. The van der Waals surface area contributed by atoms with E-state index in [9.17, 15) is 17.6 Å². The van der Waals surface area contributed by atoms with Gasteiger partial charge in [-0.25, -0.2) is 12.8 Å². The molecule has 194 valence electrons. The molecule has 0 atom stereocenters. The quantitative estimate of drug-likeness (QED) is 0.331. The van der Waals surface area contributed by atoms with Gasteiger partial charge in [0.2, 0.25) is 0 Å². The highest BCUT2D eigenvalue weighted by molar-refractivity contribution is 7.92. The number of nitrogens with zero attached hydrogens (tertiary/aromatic N) is 3. The van der Waals surface area contributed by atoms with E-state index < -0.39 is 15.8 Å². The molecule has 1 heterocycles. The predicted octanol–water partition coefficient (Wildman–Crippen LogP) is 5.18. The van der Waals surface area contributed by atoms with Gasteiger partial charge in [0, 0.05) is 37.4 Å². The van der Waals surface area contributed by atoms with Crippen LogP contribution >= 0.6 is 0 Å². The summed E-state index contributed by atoms with van der Waals surface area (Å²) in [6.07, 6.45) is 0. The Labute approximate surface area is 222 Å². The van der Waals surface area contributed by atoms with Crippen molar-refractivity contribution in [2.24, 2.45) is 0 Å². The van der Waals surface area contributed by atoms with Gasteiger partial charge in [0.15, 0.2) is 0 Å². The second-order valence-corrected chi connectivity index (χ2v) is 11.0. The molecule has 1 saturated heterocycles. The number of benzene rings is 4. The molecule has 1 fully saturated rings. The van der Waals surface area contributed by atoms with Crippen molar-refractivity contribution in [3.8, 4) is 0 Å². The number of carbonyl (C=O) groups is 1. The molecule has 0 unspecified atom stereocenters. The summed E-state index contributed by atoms with van der Waals surface area (Å²) < 4.78 is 42.3. The van der Waals surface area contributed by atoms with Crippen molar-refractivity contribution in [3.05, 3.63) is 126 Å². The van der Waals surface area contributed by atoms with E-state index in [0.717, 1.165) is 30.4 Å². The van der Waals surface area contributed by atoms with Gasteiger partial charge in [0.1, 0.15) is 5.82 Å². The maximum Gasteiger partial charge on any atom is 0.264 e. The van der Waals surface area contributed by atoms with Gasteiger partial charge in [0.05, 0.1) is 17.1 Å². The summed E-state index contributed by atoms with van der Waals surface area (Å²) in [5.41, 5.74) is 2.80. The van der Waals surface area contributed by atoms with E-state index in [2.05, 4.69) is 17.0 Å². The SMILES string of the molecule is O=C(c1ccc(N(Cc2ccccc2)S(=O)(=O)c2cccc(F)c2)cc1)N1CCN(c2ccccc2)CC1. The lowest BCUT2D eigenvalue weighted by molar-refractivity contribution is 0.0747. The van der Waals surface area contributed by atoms with Crippen molar-refractivity contribution in [2.45, 2.75) is 11.4 Å². The molecule has 5 rings (SSSR count). The van der Waals surface area contributed by atoms with Crippen LogP contribution in [0.2, 0.25) is 0 Å². The van der Waals surface area contributed by atoms with Gasteiger partial charge >= 0.3 is 0 Å². The van der Waals surface area contributed by atoms with Crippen LogP contribution in [0, 0.1) is 5.82 Å². The fourth-order valence-corrected chi connectivity index (χ4v) is 6.06. The van der Waals surface area contributed by atoms with E-state index in [1.165, 1.54) is 22.5 Å². The zero-order valence-electron chi connectivity index (χ0n) is 20.8. The normalized spacial score (nSPS) is 13.8. The zero-order valence-corrected chi connectivity index (χ0v) is 21.6. The highest BCUT2D eigenvalue weighted by atomic mass is 32.2. The zero-order chi connectivity index (χ0) is 26.5. The third-order valence-corrected chi connectivity index (χ3v) is 8.41. The first-order valence-electron chi connectivity index (χ1n) is 12.4. The van der Waals surface area contributed by atoms with Crippen molar-refractivity contribution in [2.75, 3.05) is 35.4 Å². The molecule has 4 aromatic rings. The van der Waals surface area contributed by atoms with Crippen molar-refractivity contribution < 1.29 is 17.6 Å². The summed E-state index contributed by atoms with van der Waals surface area (Å²) >= 11 is 0. The van der Waals surface area contributed by atoms with Gasteiger partial charge in [-0.3, -0.25) is 9.10 Å². The Balaban J connectivity index is 1.36. The van der Waals surface area contributed by atoms with Crippen LogP contribution in [-0.4, -0.2) is 45.4 Å². The molecule has 1 aliphatic heterocycles. The number of sulfonamides is 1. The largest absolute Gasteiger partial charge is 0.368 e. The number of rotatable bonds is 7. The lowest BCUT2D eigenvalue weighted by Gasteiger charge is -2.36. The van der Waals surface area contributed by atoms with E-state index >= 15 is 0 Å². The molecule has 0 N–H and O–H groups in total. The lowest BCUT2D eigenvalue weighted by Crippen LogP contribution is -2.48. The van der Waals surface area contributed by atoms with Crippen molar-refractivity contribution in [1.29, 1.82) is 0 Å². The van der Waals surface area contributed by atoms with Crippen LogP contribution in [0.1, 0.15) is 15.9 Å². The van der Waals surface area contributed by atoms with E-state index in [-0.39, 0.29) is 17.3 Å². The number of anilines is 2. The number of amides is 1. The molecule has 0 radical (unpaired) electrons. The Morgan fingerprint density at radius 3 is 2.03 bits per heavy atom. The van der Waals surface area contributed by atoms with Crippen LogP contribution in [-0.2, 0) is 16.6 Å².